The predicted molar refractivity (Wildman–Crippen MR) is 99.0 cm³/mol. The number of amides is 2. The second-order valence-electron chi connectivity index (χ2n) is 6.29. The van der Waals surface area contributed by atoms with Gasteiger partial charge in [0, 0.05) is 11.4 Å². The molecular formula is C19H18ClF3N2O2. The standard InChI is InChI=1S/C19H18ClF3N2O2/c1-10(2)13-6-4-5-11(3)16(13)25-18(27)17(26)24-12-7-8-15(20)14(9-12)19(21,22)23/h4-10H,1-3H3,(H,24,26)(H,25,27). The molecule has 0 fully saturated rings. The summed E-state index contributed by atoms with van der Waals surface area (Å²) in [6.07, 6.45) is -4.67. The van der Waals surface area contributed by atoms with Crippen molar-refractivity contribution in [3.8, 4) is 0 Å². The van der Waals surface area contributed by atoms with Gasteiger partial charge in [0.05, 0.1) is 10.6 Å². The van der Waals surface area contributed by atoms with Crippen molar-refractivity contribution in [2.45, 2.75) is 32.9 Å². The summed E-state index contributed by atoms with van der Waals surface area (Å²) < 4.78 is 38.7. The van der Waals surface area contributed by atoms with Crippen LogP contribution < -0.4 is 10.6 Å². The zero-order valence-electron chi connectivity index (χ0n) is 14.9. The number of para-hydroxylation sites is 1. The first-order valence-corrected chi connectivity index (χ1v) is 8.47. The van der Waals surface area contributed by atoms with Gasteiger partial charge in [-0.3, -0.25) is 9.59 Å². The number of alkyl halides is 3. The minimum Gasteiger partial charge on any atom is -0.318 e. The maximum atomic E-state index is 12.9. The first-order chi connectivity index (χ1) is 12.5. The van der Waals surface area contributed by atoms with Gasteiger partial charge in [0.15, 0.2) is 0 Å². The molecule has 2 aromatic carbocycles. The summed E-state index contributed by atoms with van der Waals surface area (Å²) in [6.45, 7) is 5.67. The molecule has 0 atom stereocenters. The number of rotatable bonds is 3. The third-order valence-corrected chi connectivity index (χ3v) is 4.23. The van der Waals surface area contributed by atoms with E-state index in [1.807, 2.05) is 26.0 Å². The highest BCUT2D eigenvalue weighted by Crippen LogP contribution is 2.36. The van der Waals surface area contributed by atoms with Crippen molar-refractivity contribution >= 4 is 34.8 Å². The van der Waals surface area contributed by atoms with Gasteiger partial charge in [0.1, 0.15) is 0 Å². The van der Waals surface area contributed by atoms with Crippen molar-refractivity contribution in [2.75, 3.05) is 10.6 Å². The van der Waals surface area contributed by atoms with E-state index in [-0.39, 0.29) is 11.6 Å². The van der Waals surface area contributed by atoms with Crippen LogP contribution in [0, 0.1) is 6.92 Å². The Balaban J connectivity index is 2.20. The number of carbonyl (C=O) groups excluding carboxylic acids is 2. The highest BCUT2D eigenvalue weighted by Gasteiger charge is 2.33. The lowest BCUT2D eigenvalue weighted by Crippen LogP contribution is -2.30. The molecule has 0 radical (unpaired) electrons. The van der Waals surface area contributed by atoms with E-state index in [0.717, 1.165) is 17.2 Å². The fourth-order valence-electron chi connectivity index (χ4n) is 2.52. The van der Waals surface area contributed by atoms with E-state index < -0.39 is 28.6 Å². The first-order valence-electron chi connectivity index (χ1n) is 8.09. The smallest absolute Gasteiger partial charge is 0.318 e. The molecule has 2 amide bonds. The van der Waals surface area contributed by atoms with E-state index >= 15 is 0 Å². The molecular weight excluding hydrogens is 381 g/mol. The zero-order chi connectivity index (χ0) is 20.4. The number of aryl methyl sites for hydroxylation is 1. The predicted octanol–water partition coefficient (Wildman–Crippen LogP) is 5.37. The first kappa shape index (κ1) is 20.8. The molecule has 0 heterocycles. The van der Waals surface area contributed by atoms with Crippen LogP contribution in [0.15, 0.2) is 36.4 Å². The molecule has 0 aliphatic rings. The van der Waals surface area contributed by atoms with Crippen LogP contribution in [0.1, 0.15) is 36.5 Å². The third-order valence-electron chi connectivity index (χ3n) is 3.90. The minimum atomic E-state index is -4.67. The Morgan fingerprint density at radius 2 is 1.67 bits per heavy atom. The number of carbonyl (C=O) groups is 2. The zero-order valence-corrected chi connectivity index (χ0v) is 15.6. The Bertz CT molecular complexity index is 880. The van der Waals surface area contributed by atoms with E-state index in [1.54, 1.807) is 13.0 Å². The van der Waals surface area contributed by atoms with Gasteiger partial charge < -0.3 is 10.6 Å². The molecule has 2 rings (SSSR count). The minimum absolute atomic E-state index is 0.105. The van der Waals surface area contributed by atoms with Crippen LogP contribution >= 0.6 is 11.6 Å². The van der Waals surface area contributed by atoms with Crippen molar-refractivity contribution in [1.29, 1.82) is 0 Å². The highest BCUT2D eigenvalue weighted by molar-refractivity contribution is 6.43. The number of benzene rings is 2. The van der Waals surface area contributed by atoms with Crippen LogP contribution in [-0.2, 0) is 15.8 Å². The van der Waals surface area contributed by atoms with Gasteiger partial charge in [0.25, 0.3) is 0 Å². The molecule has 27 heavy (non-hydrogen) atoms. The van der Waals surface area contributed by atoms with Crippen LogP contribution in [0.3, 0.4) is 0 Å². The summed E-state index contributed by atoms with van der Waals surface area (Å²) in [5, 5.41) is 4.20. The summed E-state index contributed by atoms with van der Waals surface area (Å²) in [5.74, 6) is -1.95. The fraction of sp³-hybridized carbons (Fsp3) is 0.263. The largest absolute Gasteiger partial charge is 0.417 e. The number of halogens is 4. The summed E-state index contributed by atoms with van der Waals surface area (Å²) in [4.78, 5) is 24.3. The molecule has 2 N–H and O–H groups in total. The second kappa shape index (κ2) is 8.00. The summed E-state index contributed by atoms with van der Waals surface area (Å²) in [5.41, 5.74) is 0.860. The van der Waals surface area contributed by atoms with Crippen LogP contribution in [0.25, 0.3) is 0 Å². The normalized spacial score (nSPS) is 11.4. The molecule has 8 heteroatoms. The number of hydrogen-bond acceptors (Lipinski definition) is 2. The molecule has 0 bridgehead atoms. The molecule has 0 aromatic heterocycles. The van der Waals surface area contributed by atoms with Crippen molar-refractivity contribution in [3.05, 3.63) is 58.1 Å². The molecule has 2 aromatic rings. The maximum Gasteiger partial charge on any atom is 0.417 e. The van der Waals surface area contributed by atoms with Gasteiger partial charge in [-0.15, -0.1) is 0 Å². The van der Waals surface area contributed by atoms with E-state index in [4.69, 9.17) is 11.6 Å². The van der Waals surface area contributed by atoms with Gasteiger partial charge in [-0.05, 0) is 42.2 Å². The maximum absolute atomic E-state index is 12.9. The SMILES string of the molecule is Cc1cccc(C(C)C)c1NC(=O)C(=O)Nc1ccc(Cl)c(C(F)(F)F)c1. The Hall–Kier alpha value is -2.54. The number of nitrogens with one attached hydrogen (secondary N) is 2. The molecule has 0 saturated carbocycles. The molecule has 0 saturated heterocycles. The summed E-state index contributed by atoms with van der Waals surface area (Å²) in [6, 6.07) is 8.34. The highest BCUT2D eigenvalue weighted by atomic mass is 35.5. The van der Waals surface area contributed by atoms with Gasteiger partial charge in [-0.25, -0.2) is 0 Å². The van der Waals surface area contributed by atoms with Crippen LogP contribution in [-0.4, -0.2) is 11.8 Å². The lowest BCUT2D eigenvalue weighted by atomic mass is 9.98. The molecule has 0 aliphatic carbocycles. The van der Waals surface area contributed by atoms with E-state index in [0.29, 0.717) is 11.8 Å². The Labute approximate surface area is 159 Å². The Morgan fingerprint density at radius 1 is 1.04 bits per heavy atom. The lowest BCUT2D eigenvalue weighted by molar-refractivity contribution is -0.137. The van der Waals surface area contributed by atoms with Gasteiger partial charge >= 0.3 is 18.0 Å². The monoisotopic (exact) mass is 398 g/mol. The quantitative estimate of drug-likeness (QED) is 0.683. The van der Waals surface area contributed by atoms with Crippen LogP contribution in [0.4, 0.5) is 24.5 Å². The number of hydrogen-bond donors (Lipinski definition) is 2. The van der Waals surface area contributed by atoms with Gasteiger partial charge in [-0.1, -0.05) is 43.6 Å². The molecule has 4 nitrogen and oxygen atoms in total. The van der Waals surface area contributed by atoms with E-state index in [9.17, 15) is 22.8 Å². The molecule has 144 valence electrons. The van der Waals surface area contributed by atoms with Crippen LogP contribution in [0.2, 0.25) is 5.02 Å². The van der Waals surface area contributed by atoms with Crippen molar-refractivity contribution in [3.63, 3.8) is 0 Å². The molecule has 0 aliphatic heterocycles. The third kappa shape index (κ3) is 5.01. The van der Waals surface area contributed by atoms with Crippen molar-refractivity contribution < 1.29 is 22.8 Å². The average molecular weight is 399 g/mol. The molecule has 0 spiro atoms. The average Bonchev–Trinajstić information content (AvgIpc) is 2.56. The Morgan fingerprint density at radius 3 is 2.26 bits per heavy atom. The van der Waals surface area contributed by atoms with E-state index in [1.165, 1.54) is 6.07 Å². The summed E-state index contributed by atoms with van der Waals surface area (Å²) >= 11 is 5.54. The summed E-state index contributed by atoms with van der Waals surface area (Å²) in [7, 11) is 0. The fourth-order valence-corrected chi connectivity index (χ4v) is 2.75. The van der Waals surface area contributed by atoms with Crippen LogP contribution in [0.5, 0.6) is 0 Å². The topological polar surface area (TPSA) is 58.2 Å². The van der Waals surface area contributed by atoms with Crippen molar-refractivity contribution in [2.24, 2.45) is 0 Å². The van der Waals surface area contributed by atoms with Gasteiger partial charge in [0.2, 0.25) is 0 Å². The van der Waals surface area contributed by atoms with Crippen molar-refractivity contribution in [1.82, 2.24) is 0 Å². The Kier molecular flexibility index (Phi) is 6.15. The molecule has 0 unspecified atom stereocenters. The lowest BCUT2D eigenvalue weighted by Gasteiger charge is -2.16. The van der Waals surface area contributed by atoms with E-state index in [2.05, 4.69) is 10.6 Å². The number of anilines is 2. The van der Waals surface area contributed by atoms with Gasteiger partial charge in [-0.2, -0.15) is 13.2 Å². The second-order valence-corrected chi connectivity index (χ2v) is 6.70.